The Hall–Kier alpha value is -2.05. The van der Waals surface area contributed by atoms with Gasteiger partial charge in [0, 0.05) is 5.69 Å². The number of carboxylic acids is 1. The summed E-state index contributed by atoms with van der Waals surface area (Å²) in [6.45, 7) is -1.40. The van der Waals surface area contributed by atoms with E-state index in [2.05, 4.69) is 0 Å². The van der Waals surface area contributed by atoms with Crippen LogP contribution < -0.4 is 4.90 Å². The summed E-state index contributed by atoms with van der Waals surface area (Å²) in [5, 5.41) is 8.78. The molecule has 1 N–H and O–H groups in total. The van der Waals surface area contributed by atoms with Crippen LogP contribution in [-0.2, 0) is 11.2 Å². The number of carbonyl (C=O) groups excluding carboxylic acids is 1. The molecular formula is C11H8F3NO3. The highest BCUT2D eigenvalue weighted by molar-refractivity contribution is 6.03. The highest BCUT2D eigenvalue weighted by Gasteiger charge is 2.37. The fourth-order valence-corrected chi connectivity index (χ4v) is 1.84. The topological polar surface area (TPSA) is 57.6 Å². The molecule has 1 aliphatic heterocycles. The molecule has 0 aromatic heterocycles. The van der Waals surface area contributed by atoms with E-state index in [1.54, 1.807) is 0 Å². The van der Waals surface area contributed by atoms with Gasteiger partial charge in [0.1, 0.15) is 6.54 Å². The van der Waals surface area contributed by atoms with Crippen LogP contribution in [0.5, 0.6) is 0 Å². The first kappa shape index (κ1) is 12.4. The summed E-state index contributed by atoms with van der Waals surface area (Å²) >= 11 is 0. The third-order valence-corrected chi connectivity index (χ3v) is 2.60. The van der Waals surface area contributed by atoms with E-state index in [1.807, 2.05) is 0 Å². The Morgan fingerprint density at radius 2 is 2.06 bits per heavy atom. The van der Waals surface area contributed by atoms with Crippen LogP contribution in [0.3, 0.4) is 0 Å². The molecule has 0 aliphatic carbocycles. The Labute approximate surface area is 99.6 Å². The molecule has 1 amide bonds. The van der Waals surface area contributed by atoms with Crippen molar-refractivity contribution in [1.29, 1.82) is 0 Å². The summed E-state index contributed by atoms with van der Waals surface area (Å²) in [6.07, 6.45) is -4.65. The molecule has 0 saturated heterocycles. The van der Waals surface area contributed by atoms with Crippen LogP contribution >= 0.6 is 0 Å². The van der Waals surface area contributed by atoms with Gasteiger partial charge < -0.3 is 10.0 Å². The monoisotopic (exact) mass is 259 g/mol. The average Bonchev–Trinajstić information content (AvgIpc) is 2.53. The molecule has 7 heteroatoms. The van der Waals surface area contributed by atoms with Crippen molar-refractivity contribution < 1.29 is 27.9 Å². The quantitative estimate of drug-likeness (QED) is 0.881. The Morgan fingerprint density at radius 3 is 2.61 bits per heavy atom. The zero-order chi connectivity index (χ0) is 13.5. The van der Waals surface area contributed by atoms with Gasteiger partial charge in [0.25, 0.3) is 0 Å². The van der Waals surface area contributed by atoms with E-state index < -0.39 is 24.6 Å². The fraction of sp³-hybridized carbons (Fsp3) is 0.273. The zero-order valence-electron chi connectivity index (χ0n) is 8.99. The molecule has 4 nitrogen and oxygen atoms in total. The summed E-state index contributed by atoms with van der Waals surface area (Å²) in [7, 11) is 0. The molecular weight excluding hydrogens is 251 g/mol. The number of alkyl halides is 3. The van der Waals surface area contributed by atoms with Gasteiger partial charge in [-0.1, -0.05) is 6.07 Å². The first-order chi connectivity index (χ1) is 8.28. The van der Waals surface area contributed by atoms with E-state index in [-0.39, 0.29) is 17.7 Å². The number of carboxylic acid groups (broad SMARTS) is 1. The number of hydrogen-bond acceptors (Lipinski definition) is 2. The van der Waals surface area contributed by atoms with E-state index in [0.717, 1.165) is 6.07 Å². The first-order valence-electron chi connectivity index (χ1n) is 5.01. The number of anilines is 1. The Morgan fingerprint density at radius 1 is 1.39 bits per heavy atom. The van der Waals surface area contributed by atoms with Crippen LogP contribution in [0.1, 0.15) is 15.9 Å². The van der Waals surface area contributed by atoms with Gasteiger partial charge in [-0.15, -0.1) is 0 Å². The van der Waals surface area contributed by atoms with Gasteiger partial charge in [0.05, 0.1) is 12.0 Å². The van der Waals surface area contributed by atoms with E-state index in [1.165, 1.54) is 12.1 Å². The van der Waals surface area contributed by atoms with E-state index >= 15 is 0 Å². The Kier molecular flexibility index (Phi) is 2.76. The number of amides is 1. The molecule has 0 unspecified atom stereocenters. The van der Waals surface area contributed by atoms with Crippen molar-refractivity contribution in [3.05, 3.63) is 29.3 Å². The van der Waals surface area contributed by atoms with Crippen molar-refractivity contribution in [3.8, 4) is 0 Å². The minimum Gasteiger partial charge on any atom is -0.478 e. The maximum Gasteiger partial charge on any atom is 0.406 e. The predicted octanol–water partition coefficient (Wildman–Crippen LogP) is 1.84. The second kappa shape index (κ2) is 4.01. The Bertz CT molecular complexity index is 525. The van der Waals surface area contributed by atoms with Gasteiger partial charge in [0.15, 0.2) is 0 Å². The first-order valence-corrected chi connectivity index (χ1v) is 5.01. The highest BCUT2D eigenvalue weighted by Crippen LogP contribution is 2.32. The van der Waals surface area contributed by atoms with Crippen LogP contribution in [-0.4, -0.2) is 29.7 Å². The number of aromatic carboxylic acids is 1. The standard InChI is InChI=1S/C11H8F3NO3/c12-11(13,14)5-15-8-3-7(10(17)18)2-1-6(8)4-9(15)16/h1-3H,4-5H2,(H,17,18). The smallest absolute Gasteiger partial charge is 0.406 e. The van der Waals surface area contributed by atoms with E-state index in [9.17, 15) is 22.8 Å². The molecule has 0 bridgehead atoms. The van der Waals surface area contributed by atoms with Crippen LogP contribution in [0.2, 0.25) is 0 Å². The molecule has 0 atom stereocenters. The molecule has 1 heterocycles. The van der Waals surface area contributed by atoms with Gasteiger partial charge in [-0.25, -0.2) is 4.79 Å². The van der Waals surface area contributed by atoms with Crippen molar-refractivity contribution in [3.63, 3.8) is 0 Å². The fourth-order valence-electron chi connectivity index (χ4n) is 1.84. The molecule has 0 radical (unpaired) electrons. The lowest BCUT2D eigenvalue weighted by Crippen LogP contribution is -2.36. The van der Waals surface area contributed by atoms with Gasteiger partial charge in [-0.05, 0) is 17.7 Å². The van der Waals surface area contributed by atoms with Crippen LogP contribution in [0.25, 0.3) is 0 Å². The average molecular weight is 259 g/mol. The van der Waals surface area contributed by atoms with Crippen molar-refractivity contribution in [2.24, 2.45) is 0 Å². The second-order valence-corrected chi connectivity index (χ2v) is 3.92. The van der Waals surface area contributed by atoms with E-state index in [4.69, 9.17) is 5.11 Å². The lowest BCUT2D eigenvalue weighted by atomic mass is 10.1. The SMILES string of the molecule is O=C(O)c1ccc2c(c1)N(CC(F)(F)F)C(=O)C2. The zero-order valence-corrected chi connectivity index (χ0v) is 8.99. The summed E-state index contributed by atoms with van der Waals surface area (Å²) in [5.74, 6) is -1.92. The minimum atomic E-state index is -4.52. The highest BCUT2D eigenvalue weighted by atomic mass is 19.4. The molecule has 0 saturated carbocycles. The van der Waals surface area contributed by atoms with Crippen molar-refractivity contribution in [2.45, 2.75) is 12.6 Å². The van der Waals surface area contributed by atoms with Crippen molar-refractivity contribution in [2.75, 3.05) is 11.4 Å². The van der Waals surface area contributed by atoms with Crippen LogP contribution in [0.4, 0.5) is 18.9 Å². The number of nitrogens with zero attached hydrogens (tertiary/aromatic N) is 1. The molecule has 96 valence electrons. The molecule has 2 rings (SSSR count). The van der Waals surface area contributed by atoms with Gasteiger partial charge in [-0.2, -0.15) is 13.2 Å². The third kappa shape index (κ3) is 2.29. The maximum atomic E-state index is 12.3. The molecule has 0 spiro atoms. The minimum absolute atomic E-state index is 0.0252. The van der Waals surface area contributed by atoms with Gasteiger partial charge in [0.2, 0.25) is 5.91 Å². The molecule has 0 fully saturated rings. The van der Waals surface area contributed by atoms with Crippen LogP contribution in [0.15, 0.2) is 18.2 Å². The molecule has 1 aliphatic rings. The van der Waals surface area contributed by atoms with Gasteiger partial charge >= 0.3 is 12.1 Å². The molecule has 18 heavy (non-hydrogen) atoms. The number of hydrogen-bond donors (Lipinski definition) is 1. The molecule has 1 aromatic carbocycles. The number of halogens is 3. The summed E-state index contributed by atoms with van der Waals surface area (Å²) < 4.78 is 37.0. The summed E-state index contributed by atoms with van der Waals surface area (Å²) in [5.41, 5.74) is 0.294. The largest absolute Gasteiger partial charge is 0.478 e. The maximum absolute atomic E-state index is 12.3. The van der Waals surface area contributed by atoms with Crippen molar-refractivity contribution in [1.82, 2.24) is 0 Å². The number of fused-ring (bicyclic) bond motifs is 1. The normalized spacial score (nSPS) is 14.8. The van der Waals surface area contributed by atoms with E-state index in [0.29, 0.717) is 10.5 Å². The van der Waals surface area contributed by atoms with Crippen molar-refractivity contribution >= 4 is 17.6 Å². The Balaban J connectivity index is 2.39. The third-order valence-electron chi connectivity index (χ3n) is 2.60. The molecule has 1 aromatic rings. The lowest BCUT2D eigenvalue weighted by molar-refractivity contribution is -0.131. The number of benzene rings is 1. The lowest BCUT2D eigenvalue weighted by Gasteiger charge is -2.19. The van der Waals surface area contributed by atoms with Gasteiger partial charge in [-0.3, -0.25) is 4.79 Å². The van der Waals surface area contributed by atoms with Crippen LogP contribution in [0, 0.1) is 0 Å². The predicted molar refractivity (Wildman–Crippen MR) is 55.5 cm³/mol. The summed E-state index contributed by atoms with van der Waals surface area (Å²) in [6, 6.07) is 3.73. The second-order valence-electron chi connectivity index (χ2n) is 3.92. The summed E-state index contributed by atoms with van der Waals surface area (Å²) in [4.78, 5) is 22.8. The number of carbonyl (C=O) groups is 2. The number of rotatable bonds is 2.